The molecule has 0 saturated carbocycles. The molecule has 264 valence electrons. The van der Waals surface area contributed by atoms with Crippen molar-refractivity contribution in [3.63, 3.8) is 0 Å². The van der Waals surface area contributed by atoms with Crippen LogP contribution >= 0.6 is 0 Å². The number of aryl methyl sites for hydroxylation is 1. The molecule has 0 spiro atoms. The van der Waals surface area contributed by atoms with Crippen molar-refractivity contribution >= 4 is 35.4 Å². The van der Waals surface area contributed by atoms with Gasteiger partial charge in [0.1, 0.15) is 17.8 Å². The Bertz CT molecular complexity index is 1630. The van der Waals surface area contributed by atoms with E-state index in [1.807, 2.05) is 72.8 Å². The van der Waals surface area contributed by atoms with Crippen LogP contribution in [0.5, 0.6) is 5.75 Å². The van der Waals surface area contributed by atoms with Crippen LogP contribution in [-0.4, -0.2) is 71.1 Å². The van der Waals surface area contributed by atoms with Crippen LogP contribution in [0.25, 0.3) is 0 Å². The summed E-state index contributed by atoms with van der Waals surface area (Å²) in [6.45, 7) is 3.10. The first kappa shape index (κ1) is 38.5. The summed E-state index contributed by atoms with van der Waals surface area (Å²) in [5.41, 5.74) is 10.4. The summed E-state index contributed by atoms with van der Waals surface area (Å²) < 4.78 is 5.22. The van der Waals surface area contributed by atoms with Gasteiger partial charge in [-0.1, -0.05) is 72.8 Å². The summed E-state index contributed by atoms with van der Waals surface area (Å²) in [5, 5.41) is 5.96. The molecule has 13 nitrogen and oxygen atoms in total. The van der Waals surface area contributed by atoms with Crippen molar-refractivity contribution in [2.45, 2.75) is 58.3 Å². The monoisotopic (exact) mass is 684 g/mol. The zero-order chi connectivity index (χ0) is 36.5. The Morgan fingerprint density at radius 3 is 1.82 bits per heavy atom. The van der Waals surface area contributed by atoms with Crippen LogP contribution < -0.4 is 26.5 Å². The van der Waals surface area contributed by atoms with E-state index in [2.05, 4.69) is 16.1 Å². The first-order chi connectivity index (χ1) is 23.9. The Morgan fingerprint density at radius 2 is 1.24 bits per heavy atom. The lowest BCUT2D eigenvalue weighted by atomic mass is 10.1. The highest BCUT2D eigenvalue weighted by atomic mass is 16.5. The van der Waals surface area contributed by atoms with Crippen LogP contribution in [0, 0.1) is 0 Å². The van der Waals surface area contributed by atoms with Gasteiger partial charge in [-0.15, -0.1) is 0 Å². The quantitative estimate of drug-likeness (QED) is 0.124. The number of hydrogen-bond acceptors (Lipinski definition) is 7. The Hall–Kier alpha value is -5.98. The van der Waals surface area contributed by atoms with Gasteiger partial charge in [-0.05, 0) is 49.1 Å². The van der Waals surface area contributed by atoms with Gasteiger partial charge in [0, 0.05) is 38.1 Å². The summed E-state index contributed by atoms with van der Waals surface area (Å²) in [5.74, 6) is -3.04. The highest BCUT2D eigenvalue weighted by molar-refractivity contribution is 5.98. The Morgan fingerprint density at radius 1 is 0.700 bits per heavy atom. The van der Waals surface area contributed by atoms with Crippen LogP contribution in [0.4, 0.5) is 0 Å². The van der Waals surface area contributed by atoms with E-state index in [9.17, 15) is 28.8 Å². The highest BCUT2D eigenvalue weighted by Crippen LogP contribution is 2.15. The maximum atomic E-state index is 13.4. The molecule has 0 aliphatic carbocycles. The summed E-state index contributed by atoms with van der Waals surface area (Å²) >= 11 is 0. The van der Waals surface area contributed by atoms with Gasteiger partial charge in [0.15, 0.2) is 0 Å². The molecule has 3 rings (SSSR count). The number of hydrazine groups is 1. The topological polar surface area (TPSA) is 180 Å². The number of amides is 6. The number of ether oxygens (including phenoxy) is 1. The number of primary amides is 1. The molecule has 50 heavy (non-hydrogen) atoms. The second-order valence-electron chi connectivity index (χ2n) is 11.5. The molecule has 3 aromatic carbocycles. The first-order valence-corrected chi connectivity index (χ1v) is 16.1. The van der Waals surface area contributed by atoms with E-state index in [-0.39, 0.29) is 38.4 Å². The molecule has 6 amide bonds. The summed E-state index contributed by atoms with van der Waals surface area (Å²) in [4.78, 5) is 77.7. The highest BCUT2D eigenvalue weighted by Gasteiger charge is 2.24. The summed E-state index contributed by atoms with van der Waals surface area (Å²) in [7, 11) is 1.56. The number of carbonyl (C=O) groups is 6. The Labute approximate surface area is 291 Å². The summed E-state index contributed by atoms with van der Waals surface area (Å²) in [6.07, 6.45) is 2.48. The average Bonchev–Trinajstić information content (AvgIpc) is 3.11. The van der Waals surface area contributed by atoms with Gasteiger partial charge in [-0.3, -0.25) is 34.2 Å². The minimum Gasteiger partial charge on any atom is -0.497 e. The fraction of sp³-hybridized carbons (Fsp3) is 0.297. The predicted molar refractivity (Wildman–Crippen MR) is 186 cm³/mol. The van der Waals surface area contributed by atoms with Gasteiger partial charge in [0.25, 0.3) is 11.8 Å². The molecule has 3 aromatic rings. The van der Waals surface area contributed by atoms with Crippen molar-refractivity contribution in [1.82, 2.24) is 26.0 Å². The minimum atomic E-state index is -1.13. The van der Waals surface area contributed by atoms with Crippen LogP contribution in [0.15, 0.2) is 97.1 Å². The molecule has 0 aliphatic rings. The summed E-state index contributed by atoms with van der Waals surface area (Å²) in [6, 6.07) is 23.9. The molecule has 2 unspecified atom stereocenters. The molecule has 0 aliphatic heterocycles. The molecular formula is C37H44N6O7. The molecule has 5 N–H and O–H groups in total. The SMILES string of the molecule is COc1ccc(CN(Cc2ccccc2)C(=O)/C=C/C(=O)N(CCC(N)=O)NC(=O)C(C)NC(=O)C(C)NC(=O)CCc2ccccc2)cc1. The number of nitrogens with two attached hydrogens (primary N) is 1. The minimum absolute atomic E-state index is 0.177. The fourth-order valence-corrected chi connectivity index (χ4v) is 4.66. The van der Waals surface area contributed by atoms with Crippen LogP contribution in [-0.2, 0) is 48.3 Å². The first-order valence-electron chi connectivity index (χ1n) is 16.1. The van der Waals surface area contributed by atoms with Crippen molar-refractivity contribution in [3.8, 4) is 5.75 Å². The van der Waals surface area contributed by atoms with Gasteiger partial charge in [0.05, 0.1) is 13.7 Å². The number of nitrogens with zero attached hydrogens (tertiary/aromatic N) is 2. The molecule has 0 heterocycles. The van der Waals surface area contributed by atoms with Crippen molar-refractivity contribution in [1.29, 1.82) is 0 Å². The van der Waals surface area contributed by atoms with Gasteiger partial charge >= 0.3 is 0 Å². The lowest BCUT2D eigenvalue weighted by Gasteiger charge is -2.25. The van der Waals surface area contributed by atoms with Crippen molar-refractivity contribution in [2.75, 3.05) is 13.7 Å². The third-order valence-electron chi connectivity index (χ3n) is 7.53. The molecule has 0 saturated heterocycles. The number of carbonyl (C=O) groups excluding carboxylic acids is 6. The average molecular weight is 685 g/mol. The van der Waals surface area contributed by atoms with Crippen LogP contribution in [0.3, 0.4) is 0 Å². The molecular weight excluding hydrogens is 640 g/mol. The van der Waals surface area contributed by atoms with Crippen molar-refractivity contribution in [2.24, 2.45) is 5.73 Å². The third kappa shape index (κ3) is 13.3. The smallest absolute Gasteiger partial charge is 0.265 e. The second kappa shape index (κ2) is 19.7. The molecule has 0 radical (unpaired) electrons. The predicted octanol–water partition coefficient (Wildman–Crippen LogP) is 2.16. The molecule has 13 heteroatoms. The van der Waals surface area contributed by atoms with E-state index in [0.29, 0.717) is 12.2 Å². The molecule has 0 bridgehead atoms. The molecule has 0 aromatic heterocycles. The van der Waals surface area contributed by atoms with Gasteiger partial charge in [0.2, 0.25) is 23.6 Å². The van der Waals surface area contributed by atoms with E-state index in [1.165, 1.54) is 13.8 Å². The fourth-order valence-electron chi connectivity index (χ4n) is 4.66. The number of nitrogens with one attached hydrogen (secondary N) is 3. The standard InChI is InChI=1S/C37H44N6O7/c1-26(39-33(45)19-16-28-10-6-4-7-11-28)36(48)40-27(2)37(49)41-43(23-22-32(38)44)35(47)21-20-34(46)42(24-29-12-8-5-9-13-29)25-30-14-17-31(50-3)18-15-30/h4-15,17-18,20-21,26-27H,16,19,22-25H2,1-3H3,(H2,38,44)(H,39,45)(H,40,48)(H,41,49)/b21-20+. The maximum Gasteiger partial charge on any atom is 0.265 e. The lowest BCUT2D eigenvalue weighted by molar-refractivity contribution is -0.140. The Balaban J connectivity index is 1.62. The van der Waals surface area contributed by atoms with Crippen LogP contribution in [0.1, 0.15) is 43.4 Å². The third-order valence-corrected chi connectivity index (χ3v) is 7.53. The van der Waals surface area contributed by atoms with Crippen LogP contribution in [0.2, 0.25) is 0 Å². The zero-order valence-corrected chi connectivity index (χ0v) is 28.5. The number of methoxy groups -OCH3 is 1. The van der Waals surface area contributed by atoms with Gasteiger partial charge in [-0.2, -0.15) is 0 Å². The normalized spacial score (nSPS) is 11.9. The van der Waals surface area contributed by atoms with Crippen molar-refractivity contribution in [3.05, 3.63) is 114 Å². The zero-order valence-electron chi connectivity index (χ0n) is 28.5. The largest absolute Gasteiger partial charge is 0.497 e. The maximum absolute atomic E-state index is 13.4. The van der Waals surface area contributed by atoms with Crippen molar-refractivity contribution < 1.29 is 33.5 Å². The number of benzene rings is 3. The molecule has 2 atom stereocenters. The van der Waals surface area contributed by atoms with E-state index in [4.69, 9.17) is 10.5 Å². The Kier molecular flexibility index (Phi) is 15.2. The van der Waals surface area contributed by atoms with E-state index < -0.39 is 41.6 Å². The van der Waals surface area contributed by atoms with E-state index in [1.54, 1.807) is 24.1 Å². The lowest BCUT2D eigenvalue weighted by Crippen LogP contribution is -2.55. The number of rotatable bonds is 17. The van der Waals surface area contributed by atoms with E-state index in [0.717, 1.165) is 33.9 Å². The van der Waals surface area contributed by atoms with Gasteiger partial charge in [-0.25, -0.2) is 5.01 Å². The van der Waals surface area contributed by atoms with Gasteiger partial charge < -0.3 is 26.0 Å². The molecule has 0 fully saturated rings. The van der Waals surface area contributed by atoms with E-state index >= 15 is 0 Å². The second-order valence-corrected chi connectivity index (χ2v) is 11.5. The number of hydrogen-bond donors (Lipinski definition) is 4.